The van der Waals surface area contributed by atoms with Crippen molar-refractivity contribution in [2.75, 3.05) is 26.2 Å². The molecule has 3 aromatic rings. The summed E-state index contributed by atoms with van der Waals surface area (Å²) in [4.78, 5) is 35.2. The summed E-state index contributed by atoms with van der Waals surface area (Å²) in [6.45, 7) is 10.2. The van der Waals surface area contributed by atoms with E-state index in [1.54, 1.807) is 9.80 Å². The maximum absolute atomic E-state index is 14.0. The first-order chi connectivity index (χ1) is 22.3. The highest BCUT2D eigenvalue weighted by Gasteiger charge is 2.41. The fourth-order valence-electron chi connectivity index (χ4n) is 5.65. The monoisotopic (exact) mass is 688 g/mol. The Balaban J connectivity index is 1.57. The first kappa shape index (κ1) is 36.1. The number of aliphatic hydroxyl groups excluding tert-OH is 1. The third-order valence-corrected chi connectivity index (χ3v) is 10.3. The first-order valence-electron chi connectivity index (χ1n) is 15.6. The Bertz CT molecular complexity index is 1620. The van der Waals surface area contributed by atoms with Gasteiger partial charge in [-0.15, -0.1) is 11.3 Å². The Labute approximate surface area is 279 Å². The molecule has 3 atom stereocenters. The van der Waals surface area contributed by atoms with Gasteiger partial charge in [-0.2, -0.15) is 4.31 Å². The van der Waals surface area contributed by atoms with Gasteiger partial charge in [0.15, 0.2) is 0 Å². The van der Waals surface area contributed by atoms with E-state index in [-0.39, 0.29) is 48.2 Å². The molecular weight excluding hydrogens is 645 g/mol. The summed E-state index contributed by atoms with van der Waals surface area (Å²) >= 11 is 1.52. The number of amides is 3. The summed E-state index contributed by atoms with van der Waals surface area (Å²) in [6.07, 6.45) is -0.135. The summed E-state index contributed by atoms with van der Waals surface area (Å²) < 4.78 is 33.9. The second kappa shape index (κ2) is 15.9. The molecule has 0 spiro atoms. The van der Waals surface area contributed by atoms with Crippen molar-refractivity contribution >= 4 is 39.5 Å². The van der Waals surface area contributed by atoms with Crippen molar-refractivity contribution in [3.63, 3.8) is 0 Å². The molecule has 3 amide bonds. The predicted molar refractivity (Wildman–Crippen MR) is 178 cm³/mol. The highest BCUT2D eigenvalue weighted by atomic mass is 32.2. The third-order valence-electron chi connectivity index (χ3n) is 7.81. The van der Waals surface area contributed by atoms with Crippen molar-refractivity contribution < 1.29 is 32.7 Å². The van der Waals surface area contributed by atoms with Crippen LogP contribution in [0.2, 0.25) is 0 Å². The molecule has 0 aliphatic carbocycles. The second-order valence-corrected chi connectivity index (χ2v) is 15.4. The Morgan fingerprint density at radius 3 is 2.49 bits per heavy atom. The van der Waals surface area contributed by atoms with Crippen LogP contribution in [0, 0.1) is 18.8 Å². The second-order valence-electron chi connectivity index (χ2n) is 12.4. The Morgan fingerprint density at radius 1 is 1.15 bits per heavy atom. The molecule has 0 radical (unpaired) electrons. The van der Waals surface area contributed by atoms with Crippen LogP contribution in [0.25, 0.3) is 0 Å². The van der Waals surface area contributed by atoms with Gasteiger partial charge in [0.05, 0.1) is 29.4 Å². The molecule has 256 valence electrons. The van der Waals surface area contributed by atoms with Gasteiger partial charge in [-0.25, -0.2) is 18.2 Å². The molecule has 15 heteroatoms. The molecule has 3 N–H and O–H groups in total. The van der Waals surface area contributed by atoms with Crippen molar-refractivity contribution in [1.29, 1.82) is 0 Å². The minimum atomic E-state index is -4.22. The minimum Gasteiger partial charge on any atom is -0.442 e. The quantitative estimate of drug-likeness (QED) is 0.117. The van der Waals surface area contributed by atoms with E-state index in [1.807, 2.05) is 70.3 Å². The topological polar surface area (TPSA) is 169 Å². The van der Waals surface area contributed by atoms with Crippen molar-refractivity contribution in [1.82, 2.24) is 24.4 Å². The molecule has 47 heavy (non-hydrogen) atoms. The Morgan fingerprint density at radius 2 is 1.87 bits per heavy atom. The van der Waals surface area contributed by atoms with Gasteiger partial charge in [-0.3, -0.25) is 4.79 Å². The maximum Gasteiger partial charge on any atom is 0.321 e. The average Bonchev–Trinajstić information content (AvgIpc) is 3.74. The number of oxime groups is 1. The van der Waals surface area contributed by atoms with Gasteiger partial charge in [0.2, 0.25) is 11.0 Å². The number of sulfonamides is 1. The summed E-state index contributed by atoms with van der Waals surface area (Å²) in [5, 5.41) is 28.8. The van der Waals surface area contributed by atoms with Crippen molar-refractivity contribution in [3.8, 4) is 0 Å². The molecule has 4 rings (SSSR count). The van der Waals surface area contributed by atoms with Gasteiger partial charge < -0.3 is 29.8 Å². The standard InChI is InChI=1S/C32H44N6O7S2/c1-21(2)17-37(47(43,44)29-12-11-26(45-29)16-33-42)19-28(39)27(15-24-9-7-6-8-10-24)35-31(40)30(22(3)4)38-14-13-36(32(38)41)18-25-20-46-23(5)34-25/h6-12,16,20-22,27-28,30,39,42H,13-15,17-19H2,1-5H3,(H,35,40)/b33-16-/t27-,28+,30?/m0/s1. The fraction of sp³-hybridized carbons (Fsp3) is 0.500. The number of urea groups is 1. The molecule has 1 aromatic carbocycles. The number of carbonyl (C=O) groups is 2. The van der Waals surface area contributed by atoms with Gasteiger partial charge in [-0.1, -0.05) is 63.2 Å². The number of carbonyl (C=O) groups excluding carboxylic acids is 2. The van der Waals surface area contributed by atoms with Crippen LogP contribution >= 0.6 is 11.3 Å². The van der Waals surface area contributed by atoms with Crippen LogP contribution in [0.4, 0.5) is 4.79 Å². The van der Waals surface area contributed by atoms with Crippen LogP contribution in [-0.2, 0) is 27.8 Å². The molecule has 0 bridgehead atoms. The molecule has 1 aliphatic heterocycles. The number of aliphatic hydroxyl groups is 1. The lowest BCUT2D eigenvalue weighted by atomic mass is 9.97. The number of benzene rings is 1. The Kier molecular flexibility index (Phi) is 12.2. The highest BCUT2D eigenvalue weighted by Crippen LogP contribution is 2.23. The zero-order valence-electron chi connectivity index (χ0n) is 27.3. The number of aryl methyl sites for hydroxylation is 1. The Hall–Kier alpha value is -3.79. The van der Waals surface area contributed by atoms with Crippen molar-refractivity contribution in [2.24, 2.45) is 17.0 Å². The number of nitrogens with one attached hydrogen (secondary N) is 1. The fourth-order valence-corrected chi connectivity index (χ4v) is 7.79. The van der Waals surface area contributed by atoms with E-state index in [0.717, 1.165) is 26.8 Å². The summed E-state index contributed by atoms with van der Waals surface area (Å²) in [5.74, 6) is -0.739. The number of aromatic nitrogens is 1. The van der Waals surface area contributed by atoms with Crippen LogP contribution in [0.15, 0.2) is 62.5 Å². The molecule has 1 unspecified atom stereocenters. The van der Waals surface area contributed by atoms with Crippen molar-refractivity contribution in [3.05, 3.63) is 69.9 Å². The number of hydrogen-bond donors (Lipinski definition) is 3. The molecule has 1 fully saturated rings. The molecule has 0 saturated carbocycles. The molecule has 2 aromatic heterocycles. The van der Waals surface area contributed by atoms with Crippen LogP contribution in [-0.4, -0.2) is 100 Å². The average molecular weight is 689 g/mol. The van der Waals surface area contributed by atoms with E-state index in [9.17, 15) is 23.1 Å². The van der Waals surface area contributed by atoms with Gasteiger partial charge in [0, 0.05) is 31.6 Å². The minimum absolute atomic E-state index is 0.0433. The number of hydrogen-bond acceptors (Lipinski definition) is 10. The van der Waals surface area contributed by atoms with Gasteiger partial charge >= 0.3 is 6.03 Å². The third kappa shape index (κ3) is 9.18. The van der Waals surface area contributed by atoms with E-state index in [1.165, 1.54) is 23.5 Å². The molecular formula is C32H44N6O7S2. The largest absolute Gasteiger partial charge is 0.442 e. The van der Waals surface area contributed by atoms with Crippen LogP contribution < -0.4 is 5.32 Å². The van der Waals surface area contributed by atoms with Gasteiger partial charge in [-0.05, 0) is 42.9 Å². The SMILES string of the molecule is Cc1nc(CN2CCN(C(C(=O)N[C@@H](Cc3ccccc3)[C@H](O)CN(CC(C)C)S(=O)(=O)c3ccc(/C=N\O)o3)C(C)C)C2=O)cs1. The van der Waals surface area contributed by atoms with E-state index < -0.39 is 34.1 Å². The first-order valence-corrected chi connectivity index (χ1v) is 17.9. The van der Waals surface area contributed by atoms with Crippen molar-refractivity contribution in [2.45, 2.75) is 70.9 Å². The summed E-state index contributed by atoms with van der Waals surface area (Å²) in [5.41, 5.74) is 1.63. The summed E-state index contributed by atoms with van der Waals surface area (Å²) in [6, 6.07) is 9.92. The van der Waals surface area contributed by atoms with E-state index in [2.05, 4.69) is 15.5 Å². The van der Waals surface area contributed by atoms with Crippen LogP contribution in [0.5, 0.6) is 0 Å². The number of furan rings is 1. The van der Waals surface area contributed by atoms with Gasteiger partial charge in [0.1, 0.15) is 18.0 Å². The maximum atomic E-state index is 14.0. The molecule has 1 aliphatic rings. The molecule has 1 saturated heterocycles. The van der Waals surface area contributed by atoms with Gasteiger partial charge in [0.25, 0.3) is 10.0 Å². The number of nitrogens with zero attached hydrogens (tertiary/aromatic N) is 5. The number of thiazole rings is 1. The lowest BCUT2D eigenvalue weighted by Gasteiger charge is -2.34. The smallest absolute Gasteiger partial charge is 0.321 e. The van der Waals surface area contributed by atoms with E-state index in [4.69, 9.17) is 9.62 Å². The zero-order valence-corrected chi connectivity index (χ0v) is 28.9. The van der Waals surface area contributed by atoms with E-state index in [0.29, 0.717) is 19.6 Å². The highest BCUT2D eigenvalue weighted by molar-refractivity contribution is 7.89. The normalized spacial score (nSPS) is 16.1. The number of rotatable bonds is 16. The predicted octanol–water partition coefficient (Wildman–Crippen LogP) is 3.55. The summed E-state index contributed by atoms with van der Waals surface area (Å²) in [7, 11) is -4.22. The van der Waals surface area contributed by atoms with E-state index >= 15 is 0 Å². The molecule has 13 nitrogen and oxygen atoms in total. The zero-order chi connectivity index (χ0) is 34.3. The lowest BCUT2D eigenvalue weighted by Crippen LogP contribution is -2.57. The van der Waals surface area contributed by atoms with Crippen LogP contribution in [0.3, 0.4) is 0 Å². The molecule has 3 heterocycles. The lowest BCUT2D eigenvalue weighted by molar-refractivity contribution is -0.128. The van der Waals surface area contributed by atoms with Crippen LogP contribution in [0.1, 0.15) is 49.7 Å².